The first-order valence-corrected chi connectivity index (χ1v) is 5.33. The SMILES string of the molecule is C=CCN(CC)C(=O)c1cccc(C(=O)O)c1. The molecule has 17 heavy (non-hydrogen) atoms. The highest BCUT2D eigenvalue weighted by Gasteiger charge is 2.14. The summed E-state index contributed by atoms with van der Waals surface area (Å²) in [6.45, 7) is 6.45. The van der Waals surface area contributed by atoms with Crippen molar-refractivity contribution < 1.29 is 14.7 Å². The molecule has 0 aromatic heterocycles. The Balaban J connectivity index is 2.98. The predicted molar refractivity (Wildman–Crippen MR) is 65.2 cm³/mol. The molecule has 0 spiro atoms. The number of carboxylic acids is 1. The molecular formula is C13H15NO3. The van der Waals surface area contributed by atoms with Crippen molar-refractivity contribution in [2.24, 2.45) is 0 Å². The lowest BCUT2D eigenvalue weighted by Gasteiger charge is -2.19. The number of amides is 1. The predicted octanol–water partition coefficient (Wildman–Crippen LogP) is 2.03. The van der Waals surface area contributed by atoms with Gasteiger partial charge in [-0.1, -0.05) is 12.1 Å². The fraction of sp³-hybridized carbons (Fsp3) is 0.231. The van der Waals surface area contributed by atoms with Gasteiger partial charge in [-0.15, -0.1) is 6.58 Å². The molecule has 1 aromatic rings. The van der Waals surface area contributed by atoms with E-state index in [0.717, 1.165) is 0 Å². The van der Waals surface area contributed by atoms with Gasteiger partial charge in [-0.3, -0.25) is 4.79 Å². The monoisotopic (exact) mass is 233 g/mol. The van der Waals surface area contributed by atoms with Crippen LogP contribution in [0, 0.1) is 0 Å². The van der Waals surface area contributed by atoms with Crippen LogP contribution < -0.4 is 0 Å². The van der Waals surface area contributed by atoms with Crippen molar-refractivity contribution in [3.05, 3.63) is 48.0 Å². The van der Waals surface area contributed by atoms with Gasteiger partial charge >= 0.3 is 5.97 Å². The molecule has 0 atom stereocenters. The lowest BCUT2D eigenvalue weighted by molar-refractivity contribution is 0.0697. The van der Waals surface area contributed by atoms with Gasteiger partial charge in [-0.2, -0.15) is 0 Å². The van der Waals surface area contributed by atoms with Crippen molar-refractivity contribution in [2.45, 2.75) is 6.92 Å². The summed E-state index contributed by atoms with van der Waals surface area (Å²) in [5, 5.41) is 8.85. The van der Waals surface area contributed by atoms with Crippen LogP contribution in [0.4, 0.5) is 0 Å². The maximum absolute atomic E-state index is 12.0. The topological polar surface area (TPSA) is 57.6 Å². The van der Waals surface area contributed by atoms with Crippen LogP contribution in [0.5, 0.6) is 0 Å². The number of carboxylic acid groups (broad SMARTS) is 1. The number of hydrogen-bond donors (Lipinski definition) is 1. The molecule has 4 nitrogen and oxygen atoms in total. The number of rotatable bonds is 5. The van der Waals surface area contributed by atoms with Crippen LogP contribution in [-0.2, 0) is 0 Å². The molecule has 0 saturated carbocycles. The van der Waals surface area contributed by atoms with Crippen molar-refractivity contribution in [1.82, 2.24) is 4.90 Å². The van der Waals surface area contributed by atoms with Gasteiger partial charge in [0, 0.05) is 18.7 Å². The van der Waals surface area contributed by atoms with Gasteiger partial charge in [0.2, 0.25) is 0 Å². The summed E-state index contributed by atoms with van der Waals surface area (Å²) < 4.78 is 0. The van der Waals surface area contributed by atoms with E-state index in [0.29, 0.717) is 18.7 Å². The molecule has 4 heteroatoms. The van der Waals surface area contributed by atoms with E-state index < -0.39 is 5.97 Å². The zero-order valence-corrected chi connectivity index (χ0v) is 9.72. The molecule has 0 radical (unpaired) electrons. The number of hydrogen-bond acceptors (Lipinski definition) is 2. The molecule has 90 valence electrons. The second-order valence-electron chi connectivity index (χ2n) is 3.52. The number of carbonyl (C=O) groups excluding carboxylic acids is 1. The molecular weight excluding hydrogens is 218 g/mol. The minimum Gasteiger partial charge on any atom is -0.478 e. The molecule has 0 aliphatic carbocycles. The van der Waals surface area contributed by atoms with Crippen LogP contribution in [0.15, 0.2) is 36.9 Å². The van der Waals surface area contributed by atoms with E-state index in [4.69, 9.17) is 5.11 Å². The Labute approximate surface area is 100 Å². The van der Waals surface area contributed by atoms with Gasteiger partial charge in [-0.25, -0.2) is 4.79 Å². The quantitative estimate of drug-likeness (QED) is 0.792. The van der Waals surface area contributed by atoms with Crippen LogP contribution in [0.2, 0.25) is 0 Å². The third-order valence-electron chi connectivity index (χ3n) is 2.37. The fourth-order valence-electron chi connectivity index (χ4n) is 1.48. The molecule has 0 fully saturated rings. The van der Waals surface area contributed by atoms with E-state index >= 15 is 0 Å². The number of aromatic carboxylic acids is 1. The van der Waals surface area contributed by atoms with E-state index in [-0.39, 0.29) is 11.5 Å². The molecule has 0 bridgehead atoms. The Morgan fingerprint density at radius 2 is 2.06 bits per heavy atom. The maximum Gasteiger partial charge on any atom is 0.335 e. The molecule has 0 saturated heterocycles. The van der Waals surface area contributed by atoms with E-state index in [1.807, 2.05) is 6.92 Å². The average molecular weight is 233 g/mol. The fourth-order valence-corrected chi connectivity index (χ4v) is 1.48. The highest BCUT2D eigenvalue weighted by Crippen LogP contribution is 2.08. The standard InChI is InChI=1S/C13H15NO3/c1-3-8-14(4-2)12(15)10-6-5-7-11(9-10)13(16)17/h3,5-7,9H,1,4,8H2,2H3,(H,16,17). The first kappa shape index (κ1) is 13.0. The number of likely N-dealkylation sites (N-methyl/N-ethyl adjacent to an activating group) is 1. The highest BCUT2D eigenvalue weighted by atomic mass is 16.4. The van der Waals surface area contributed by atoms with Gasteiger partial charge in [-0.05, 0) is 25.1 Å². The summed E-state index contributed by atoms with van der Waals surface area (Å²) in [6, 6.07) is 6.03. The van der Waals surface area contributed by atoms with Gasteiger partial charge in [0.15, 0.2) is 0 Å². The van der Waals surface area contributed by atoms with Crippen LogP contribution in [0.25, 0.3) is 0 Å². The minimum atomic E-state index is -1.04. The van der Waals surface area contributed by atoms with Crippen molar-refractivity contribution >= 4 is 11.9 Å². The minimum absolute atomic E-state index is 0.116. The molecule has 1 rings (SSSR count). The van der Waals surface area contributed by atoms with E-state index in [1.54, 1.807) is 23.1 Å². The Hall–Kier alpha value is -2.10. The molecule has 0 heterocycles. The van der Waals surface area contributed by atoms with Gasteiger partial charge in [0.05, 0.1) is 5.56 Å². The largest absolute Gasteiger partial charge is 0.478 e. The summed E-state index contributed by atoms with van der Waals surface area (Å²) in [5.74, 6) is -1.22. The first-order chi connectivity index (χ1) is 8.10. The zero-order chi connectivity index (χ0) is 12.8. The molecule has 1 amide bonds. The summed E-state index contributed by atoms with van der Waals surface area (Å²) in [5.41, 5.74) is 0.499. The summed E-state index contributed by atoms with van der Waals surface area (Å²) in [7, 11) is 0. The molecule has 0 aliphatic heterocycles. The summed E-state index contributed by atoms with van der Waals surface area (Å²) >= 11 is 0. The third-order valence-corrected chi connectivity index (χ3v) is 2.37. The molecule has 0 aliphatic rings. The number of benzene rings is 1. The van der Waals surface area contributed by atoms with Crippen molar-refractivity contribution in [3.63, 3.8) is 0 Å². The van der Waals surface area contributed by atoms with Crippen molar-refractivity contribution in [2.75, 3.05) is 13.1 Å². The highest BCUT2D eigenvalue weighted by molar-refractivity contribution is 5.97. The number of nitrogens with zero attached hydrogens (tertiary/aromatic N) is 1. The van der Waals surface area contributed by atoms with Crippen LogP contribution in [0.3, 0.4) is 0 Å². The van der Waals surface area contributed by atoms with Crippen molar-refractivity contribution in [1.29, 1.82) is 0 Å². The smallest absolute Gasteiger partial charge is 0.335 e. The van der Waals surface area contributed by atoms with E-state index in [9.17, 15) is 9.59 Å². The van der Waals surface area contributed by atoms with Gasteiger partial charge in [0.1, 0.15) is 0 Å². The zero-order valence-electron chi connectivity index (χ0n) is 9.72. The second kappa shape index (κ2) is 5.84. The van der Waals surface area contributed by atoms with E-state index in [1.165, 1.54) is 12.1 Å². The Bertz CT molecular complexity index is 440. The normalized spacial score (nSPS) is 9.71. The Morgan fingerprint density at radius 3 is 2.59 bits per heavy atom. The lowest BCUT2D eigenvalue weighted by atomic mass is 10.1. The molecule has 0 unspecified atom stereocenters. The summed E-state index contributed by atoms with van der Waals surface area (Å²) in [4.78, 5) is 24.4. The third kappa shape index (κ3) is 3.17. The van der Waals surface area contributed by atoms with Gasteiger partial charge < -0.3 is 10.0 Å². The van der Waals surface area contributed by atoms with Gasteiger partial charge in [0.25, 0.3) is 5.91 Å². The van der Waals surface area contributed by atoms with Crippen molar-refractivity contribution in [3.8, 4) is 0 Å². The van der Waals surface area contributed by atoms with Crippen LogP contribution in [-0.4, -0.2) is 35.0 Å². The Morgan fingerprint density at radius 1 is 1.41 bits per heavy atom. The molecule has 1 N–H and O–H groups in total. The second-order valence-corrected chi connectivity index (χ2v) is 3.52. The summed E-state index contributed by atoms with van der Waals surface area (Å²) in [6.07, 6.45) is 1.64. The van der Waals surface area contributed by atoms with E-state index in [2.05, 4.69) is 6.58 Å². The van der Waals surface area contributed by atoms with Crippen LogP contribution >= 0.6 is 0 Å². The lowest BCUT2D eigenvalue weighted by Crippen LogP contribution is -2.30. The average Bonchev–Trinajstić information content (AvgIpc) is 2.35. The maximum atomic E-state index is 12.0. The Kier molecular flexibility index (Phi) is 4.46. The first-order valence-electron chi connectivity index (χ1n) is 5.33. The molecule has 1 aromatic carbocycles. The van der Waals surface area contributed by atoms with Crippen LogP contribution in [0.1, 0.15) is 27.6 Å². The number of carbonyl (C=O) groups is 2.